The highest BCUT2D eigenvalue weighted by Gasteiger charge is 2.07. The first-order valence-corrected chi connectivity index (χ1v) is 5.12. The summed E-state index contributed by atoms with van der Waals surface area (Å²) in [6.07, 6.45) is 1.25. The van der Waals surface area contributed by atoms with Crippen molar-refractivity contribution in [3.05, 3.63) is 0 Å². The Morgan fingerprint density at radius 2 is 2.00 bits per heavy atom. The van der Waals surface area contributed by atoms with Crippen LogP contribution in [0.25, 0.3) is 0 Å². The van der Waals surface area contributed by atoms with E-state index in [2.05, 4.69) is 27.3 Å². The number of carbonyl (C=O) groups excluding carboxylic acids is 1. The number of hydrogen-bond donors (Lipinski definition) is 1. The fourth-order valence-corrected chi connectivity index (χ4v) is 1.10. The number of esters is 1. The number of carbonyl (C=O) groups is 2. The van der Waals surface area contributed by atoms with Crippen LogP contribution in [-0.4, -0.2) is 28.1 Å². The molecule has 0 fully saturated rings. The standard InChI is InChI=1S/C7H11IO4/c8-3-1-2-4-12-7(11)5-6(9)10/h1-5H2,(H,9,10). The van der Waals surface area contributed by atoms with Gasteiger partial charge >= 0.3 is 11.9 Å². The molecule has 0 aliphatic heterocycles. The van der Waals surface area contributed by atoms with Crippen LogP contribution in [-0.2, 0) is 14.3 Å². The molecule has 0 radical (unpaired) electrons. The Bertz CT molecular complexity index is 157. The zero-order valence-electron chi connectivity index (χ0n) is 6.59. The summed E-state index contributed by atoms with van der Waals surface area (Å²) in [7, 11) is 0. The smallest absolute Gasteiger partial charge is 0.317 e. The second kappa shape index (κ2) is 7.33. The maximum absolute atomic E-state index is 10.6. The third kappa shape index (κ3) is 7.77. The van der Waals surface area contributed by atoms with Gasteiger partial charge in [0.25, 0.3) is 0 Å². The number of ether oxygens (including phenoxy) is 1. The van der Waals surface area contributed by atoms with E-state index in [1.165, 1.54) is 0 Å². The molecule has 0 rings (SSSR count). The van der Waals surface area contributed by atoms with Crippen LogP contribution in [0.1, 0.15) is 19.3 Å². The number of carboxylic acid groups (broad SMARTS) is 1. The van der Waals surface area contributed by atoms with Gasteiger partial charge in [-0.2, -0.15) is 0 Å². The fraction of sp³-hybridized carbons (Fsp3) is 0.714. The van der Waals surface area contributed by atoms with Crippen LogP contribution in [0.5, 0.6) is 0 Å². The van der Waals surface area contributed by atoms with Crippen molar-refractivity contribution in [2.24, 2.45) is 0 Å². The van der Waals surface area contributed by atoms with E-state index in [-0.39, 0.29) is 0 Å². The number of aliphatic carboxylic acids is 1. The summed E-state index contributed by atoms with van der Waals surface area (Å²) in [5.74, 6) is -1.80. The van der Waals surface area contributed by atoms with Crippen molar-refractivity contribution >= 4 is 34.5 Å². The van der Waals surface area contributed by atoms with Crippen molar-refractivity contribution < 1.29 is 19.4 Å². The molecular weight excluding hydrogens is 275 g/mol. The first-order chi connectivity index (χ1) is 5.66. The van der Waals surface area contributed by atoms with Crippen LogP contribution in [0, 0.1) is 0 Å². The Labute approximate surface area is 84.4 Å². The molecule has 1 N–H and O–H groups in total. The van der Waals surface area contributed by atoms with Crippen molar-refractivity contribution in [1.29, 1.82) is 0 Å². The molecule has 0 aliphatic carbocycles. The highest BCUT2D eigenvalue weighted by molar-refractivity contribution is 14.1. The predicted octanol–water partition coefficient (Wildman–Crippen LogP) is 1.22. The van der Waals surface area contributed by atoms with Gasteiger partial charge < -0.3 is 9.84 Å². The Hall–Kier alpha value is -0.330. The molecule has 0 heterocycles. The van der Waals surface area contributed by atoms with Gasteiger partial charge in [0.05, 0.1) is 6.61 Å². The molecule has 0 bridgehead atoms. The largest absolute Gasteiger partial charge is 0.481 e. The fourth-order valence-electron chi connectivity index (χ4n) is 0.557. The summed E-state index contributed by atoms with van der Waals surface area (Å²) in [5.41, 5.74) is 0. The van der Waals surface area contributed by atoms with Crippen molar-refractivity contribution in [2.45, 2.75) is 19.3 Å². The van der Waals surface area contributed by atoms with E-state index in [4.69, 9.17) is 5.11 Å². The quantitative estimate of drug-likeness (QED) is 0.262. The lowest BCUT2D eigenvalue weighted by atomic mass is 10.3. The van der Waals surface area contributed by atoms with E-state index < -0.39 is 18.4 Å². The third-order valence-electron chi connectivity index (χ3n) is 1.09. The summed E-state index contributed by atoms with van der Waals surface area (Å²) < 4.78 is 5.65. The molecule has 70 valence electrons. The highest BCUT2D eigenvalue weighted by Crippen LogP contribution is 1.96. The van der Waals surface area contributed by atoms with Crippen molar-refractivity contribution in [3.63, 3.8) is 0 Å². The van der Waals surface area contributed by atoms with Gasteiger partial charge in [-0.3, -0.25) is 9.59 Å². The Kier molecular flexibility index (Phi) is 7.12. The average Bonchev–Trinajstić information content (AvgIpc) is 1.97. The second-order valence-electron chi connectivity index (χ2n) is 2.19. The van der Waals surface area contributed by atoms with E-state index in [0.717, 1.165) is 17.3 Å². The predicted molar refractivity (Wildman–Crippen MR) is 51.3 cm³/mol. The maximum Gasteiger partial charge on any atom is 0.317 e. The molecule has 0 saturated heterocycles. The topological polar surface area (TPSA) is 63.6 Å². The van der Waals surface area contributed by atoms with Crippen LogP contribution in [0.4, 0.5) is 0 Å². The number of carboxylic acids is 1. The monoisotopic (exact) mass is 286 g/mol. The lowest BCUT2D eigenvalue weighted by Crippen LogP contribution is -2.11. The number of halogens is 1. The molecule has 0 saturated carbocycles. The van der Waals surface area contributed by atoms with Crippen LogP contribution in [0.2, 0.25) is 0 Å². The molecule has 4 nitrogen and oxygen atoms in total. The number of unbranched alkanes of at least 4 members (excludes halogenated alkanes) is 1. The Balaban J connectivity index is 3.26. The van der Waals surface area contributed by atoms with E-state index in [0.29, 0.717) is 6.61 Å². The molecule has 0 aromatic carbocycles. The minimum Gasteiger partial charge on any atom is -0.481 e. The number of alkyl halides is 1. The second-order valence-corrected chi connectivity index (χ2v) is 3.27. The molecule has 5 heteroatoms. The molecule has 0 atom stereocenters. The lowest BCUT2D eigenvalue weighted by Gasteiger charge is -2.00. The first kappa shape index (κ1) is 11.7. The van der Waals surface area contributed by atoms with Crippen LogP contribution >= 0.6 is 22.6 Å². The number of rotatable bonds is 6. The SMILES string of the molecule is O=C(O)CC(=O)OCCCCI. The highest BCUT2D eigenvalue weighted by atomic mass is 127. The maximum atomic E-state index is 10.6. The third-order valence-corrected chi connectivity index (χ3v) is 1.85. The normalized spacial score (nSPS) is 9.42. The van der Waals surface area contributed by atoms with Gasteiger partial charge in [0.1, 0.15) is 6.42 Å². The number of hydrogen-bond acceptors (Lipinski definition) is 3. The van der Waals surface area contributed by atoms with E-state index >= 15 is 0 Å². The van der Waals surface area contributed by atoms with Gasteiger partial charge in [0.15, 0.2) is 0 Å². The van der Waals surface area contributed by atoms with Crippen LogP contribution in [0.3, 0.4) is 0 Å². The molecule has 0 aromatic heterocycles. The Morgan fingerprint density at radius 3 is 2.50 bits per heavy atom. The van der Waals surface area contributed by atoms with Crippen LogP contribution in [0.15, 0.2) is 0 Å². The van der Waals surface area contributed by atoms with Gasteiger partial charge in [0.2, 0.25) is 0 Å². The minimum absolute atomic E-state index is 0.328. The molecule has 12 heavy (non-hydrogen) atoms. The Morgan fingerprint density at radius 1 is 1.33 bits per heavy atom. The molecular formula is C7H11IO4. The van der Waals surface area contributed by atoms with Gasteiger partial charge in [-0.15, -0.1) is 0 Å². The van der Waals surface area contributed by atoms with Gasteiger partial charge in [-0.1, -0.05) is 22.6 Å². The van der Waals surface area contributed by atoms with Crippen molar-refractivity contribution in [2.75, 3.05) is 11.0 Å². The summed E-state index contributed by atoms with van der Waals surface area (Å²) >= 11 is 2.23. The summed E-state index contributed by atoms with van der Waals surface area (Å²) in [4.78, 5) is 20.6. The summed E-state index contributed by atoms with van der Waals surface area (Å²) in [6, 6.07) is 0. The van der Waals surface area contributed by atoms with Gasteiger partial charge in [0, 0.05) is 0 Å². The molecule has 0 amide bonds. The van der Waals surface area contributed by atoms with Crippen molar-refractivity contribution in [1.82, 2.24) is 0 Å². The van der Waals surface area contributed by atoms with Crippen LogP contribution < -0.4 is 0 Å². The molecule has 0 aromatic rings. The molecule has 0 aliphatic rings. The lowest BCUT2D eigenvalue weighted by molar-refractivity contribution is -0.151. The van der Waals surface area contributed by atoms with Gasteiger partial charge in [-0.25, -0.2) is 0 Å². The minimum atomic E-state index is -1.14. The summed E-state index contributed by atoms with van der Waals surface area (Å²) in [5, 5.41) is 8.18. The zero-order chi connectivity index (χ0) is 9.40. The van der Waals surface area contributed by atoms with E-state index in [9.17, 15) is 9.59 Å². The van der Waals surface area contributed by atoms with Crippen molar-refractivity contribution in [3.8, 4) is 0 Å². The zero-order valence-corrected chi connectivity index (χ0v) is 8.74. The average molecular weight is 286 g/mol. The van der Waals surface area contributed by atoms with Gasteiger partial charge in [-0.05, 0) is 17.3 Å². The molecule has 0 unspecified atom stereocenters. The first-order valence-electron chi connectivity index (χ1n) is 3.60. The van der Waals surface area contributed by atoms with E-state index in [1.807, 2.05) is 0 Å². The summed E-state index contributed by atoms with van der Waals surface area (Å²) in [6.45, 7) is 0.328. The molecule has 0 spiro atoms. The van der Waals surface area contributed by atoms with E-state index in [1.54, 1.807) is 0 Å².